The van der Waals surface area contributed by atoms with Gasteiger partial charge in [-0.15, -0.1) is 0 Å². The van der Waals surface area contributed by atoms with Gasteiger partial charge in [0.1, 0.15) is 5.75 Å². The Morgan fingerprint density at radius 3 is 2.24 bits per heavy atom. The van der Waals surface area contributed by atoms with Crippen molar-refractivity contribution in [2.24, 2.45) is 0 Å². The van der Waals surface area contributed by atoms with Crippen molar-refractivity contribution in [2.45, 2.75) is 20.8 Å². The Labute approximate surface area is 124 Å². The lowest BCUT2D eigenvalue weighted by atomic mass is 10.1. The normalized spacial score (nSPS) is 10.2. The quantitative estimate of drug-likeness (QED) is 0.847. The molecule has 110 valence electrons. The maximum absolute atomic E-state index is 12.0. The molecule has 0 radical (unpaired) electrons. The molecule has 0 aromatic heterocycles. The van der Waals surface area contributed by atoms with E-state index in [1.165, 1.54) is 0 Å². The lowest BCUT2D eigenvalue weighted by molar-refractivity contribution is -0.118. The second-order valence-corrected chi connectivity index (χ2v) is 5.10. The first-order valence-corrected chi connectivity index (χ1v) is 6.83. The zero-order chi connectivity index (χ0) is 15.4. The second-order valence-electron chi connectivity index (χ2n) is 5.10. The summed E-state index contributed by atoms with van der Waals surface area (Å²) in [6.07, 6.45) is 0. The highest BCUT2D eigenvalue weighted by Crippen LogP contribution is 2.24. The monoisotopic (exact) mass is 284 g/mol. The van der Waals surface area contributed by atoms with E-state index in [0.717, 1.165) is 22.4 Å². The van der Waals surface area contributed by atoms with Crippen LogP contribution in [0.15, 0.2) is 36.4 Å². The van der Waals surface area contributed by atoms with Crippen LogP contribution in [-0.4, -0.2) is 12.5 Å². The Balaban J connectivity index is 2.03. The largest absolute Gasteiger partial charge is 0.483 e. The number of para-hydroxylation sites is 2. The molecule has 2 aromatic carbocycles. The van der Waals surface area contributed by atoms with E-state index in [2.05, 4.69) is 5.32 Å². The van der Waals surface area contributed by atoms with Crippen molar-refractivity contribution >= 4 is 17.3 Å². The summed E-state index contributed by atoms with van der Waals surface area (Å²) in [5.74, 6) is 0.532. The lowest BCUT2D eigenvalue weighted by Crippen LogP contribution is -2.21. The molecule has 0 aliphatic rings. The smallest absolute Gasteiger partial charge is 0.262 e. The van der Waals surface area contributed by atoms with Gasteiger partial charge in [0.05, 0.1) is 11.4 Å². The molecule has 0 aliphatic carbocycles. The number of nitrogens with two attached hydrogens (primary N) is 1. The first-order chi connectivity index (χ1) is 9.99. The minimum atomic E-state index is -0.223. The second kappa shape index (κ2) is 6.31. The van der Waals surface area contributed by atoms with Gasteiger partial charge >= 0.3 is 0 Å². The predicted octanol–water partition coefficient (Wildman–Crippen LogP) is 3.21. The van der Waals surface area contributed by atoms with Gasteiger partial charge in [0, 0.05) is 0 Å². The number of amides is 1. The number of aryl methyl sites for hydroxylation is 3. The van der Waals surface area contributed by atoms with Gasteiger partial charge in [-0.05, 0) is 43.5 Å². The van der Waals surface area contributed by atoms with Gasteiger partial charge in [-0.3, -0.25) is 4.79 Å². The summed E-state index contributed by atoms with van der Waals surface area (Å²) in [7, 11) is 0. The highest BCUT2D eigenvalue weighted by Gasteiger charge is 2.10. The number of ether oxygens (including phenoxy) is 1. The predicted molar refractivity (Wildman–Crippen MR) is 85.6 cm³/mol. The summed E-state index contributed by atoms with van der Waals surface area (Å²) in [5.41, 5.74) is 10.0. The van der Waals surface area contributed by atoms with Crippen LogP contribution in [0.2, 0.25) is 0 Å². The standard InChI is InChI=1S/C17H20N2O2/c1-11-6-5-9-14(18)16(11)19-15(20)10-21-17-12(2)7-4-8-13(17)3/h4-9H,10,18H2,1-3H3,(H,19,20). The molecule has 0 saturated heterocycles. The number of carbonyl (C=O) groups excluding carboxylic acids is 1. The number of nitrogen functional groups attached to an aromatic ring is 1. The molecule has 4 heteroatoms. The van der Waals surface area contributed by atoms with Crippen molar-refractivity contribution in [3.05, 3.63) is 53.1 Å². The van der Waals surface area contributed by atoms with E-state index in [9.17, 15) is 4.79 Å². The number of hydrogen-bond donors (Lipinski definition) is 2. The van der Waals surface area contributed by atoms with Crippen LogP contribution >= 0.6 is 0 Å². The average Bonchev–Trinajstić information content (AvgIpc) is 2.42. The molecule has 0 bridgehead atoms. The first kappa shape index (κ1) is 14.9. The summed E-state index contributed by atoms with van der Waals surface area (Å²) in [6.45, 7) is 5.77. The van der Waals surface area contributed by atoms with Crippen LogP contribution in [0.1, 0.15) is 16.7 Å². The van der Waals surface area contributed by atoms with E-state index in [-0.39, 0.29) is 12.5 Å². The molecule has 21 heavy (non-hydrogen) atoms. The molecule has 2 aromatic rings. The van der Waals surface area contributed by atoms with Crippen molar-refractivity contribution in [1.82, 2.24) is 0 Å². The van der Waals surface area contributed by atoms with Gasteiger partial charge in [-0.25, -0.2) is 0 Å². The highest BCUT2D eigenvalue weighted by atomic mass is 16.5. The van der Waals surface area contributed by atoms with E-state index < -0.39 is 0 Å². The van der Waals surface area contributed by atoms with Crippen LogP contribution in [0.3, 0.4) is 0 Å². The van der Waals surface area contributed by atoms with Crippen molar-refractivity contribution in [2.75, 3.05) is 17.7 Å². The zero-order valence-electron chi connectivity index (χ0n) is 12.6. The first-order valence-electron chi connectivity index (χ1n) is 6.83. The van der Waals surface area contributed by atoms with Crippen LogP contribution in [0.5, 0.6) is 5.75 Å². The molecule has 0 spiro atoms. The van der Waals surface area contributed by atoms with E-state index in [4.69, 9.17) is 10.5 Å². The number of anilines is 2. The van der Waals surface area contributed by atoms with Crippen LogP contribution in [0, 0.1) is 20.8 Å². The summed E-state index contributed by atoms with van der Waals surface area (Å²) in [5, 5.41) is 2.80. The fourth-order valence-electron chi connectivity index (χ4n) is 2.20. The third-order valence-electron chi connectivity index (χ3n) is 3.33. The Bertz CT molecular complexity index is 625. The molecule has 0 aliphatic heterocycles. The average molecular weight is 284 g/mol. The number of benzene rings is 2. The van der Waals surface area contributed by atoms with E-state index in [0.29, 0.717) is 11.4 Å². The van der Waals surface area contributed by atoms with Gasteiger partial charge in [0.25, 0.3) is 5.91 Å². The Kier molecular flexibility index (Phi) is 4.48. The minimum absolute atomic E-state index is 0.0422. The van der Waals surface area contributed by atoms with Crippen molar-refractivity contribution in [3.63, 3.8) is 0 Å². The van der Waals surface area contributed by atoms with E-state index in [1.807, 2.05) is 51.1 Å². The lowest BCUT2D eigenvalue weighted by Gasteiger charge is -2.14. The molecule has 0 fully saturated rings. The van der Waals surface area contributed by atoms with Crippen molar-refractivity contribution < 1.29 is 9.53 Å². The summed E-state index contributed by atoms with van der Waals surface area (Å²) in [6, 6.07) is 11.4. The molecule has 0 unspecified atom stereocenters. The minimum Gasteiger partial charge on any atom is -0.483 e. The molecule has 1 amide bonds. The van der Waals surface area contributed by atoms with E-state index in [1.54, 1.807) is 6.07 Å². The molecule has 0 atom stereocenters. The van der Waals surface area contributed by atoms with Gasteiger partial charge in [0.15, 0.2) is 6.61 Å². The van der Waals surface area contributed by atoms with Gasteiger partial charge in [0.2, 0.25) is 0 Å². The molecule has 0 saturated carbocycles. The Hall–Kier alpha value is -2.49. The molecule has 4 nitrogen and oxygen atoms in total. The Morgan fingerprint density at radius 2 is 1.62 bits per heavy atom. The summed E-state index contributed by atoms with van der Waals surface area (Å²) < 4.78 is 5.63. The SMILES string of the molecule is Cc1cccc(N)c1NC(=O)COc1c(C)cccc1C. The van der Waals surface area contributed by atoms with Crippen molar-refractivity contribution in [3.8, 4) is 5.75 Å². The van der Waals surface area contributed by atoms with E-state index >= 15 is 0 Å². The fourth-order valence-corrected chi connectivity index (χ4v) is 2.20. The van der Waals surface area contributed by atoms with Crippen LogP contribution in [-0.2, 0) is 4.79 Å². The molecular formula is C17H20N2O2. The molecule has 3 N–H and O–H groups in total. The maximum atomic E-state index is 12.0. The van der Waals surface area contributed by atoms with Crippen LogP contribution in [0.4, 0.5) is 11.4 Å². The summed E-state index contributed by atoms with van der Waals surface area (Å²) >= 11 is 0. The molecular weight excluding hydrogens is 264 g/mol. The molecule has 0 heterocycles. The number of hydrogen-bond acceptors (Lipinski definition) is 3. The topological polar surface area (TPSA) is 64.3 Å². The van der Waals surface area contributed by atoms with Gasteiger partial charge in [-0.1, -0.05) is 30.3 Å². The maximum Gasteiger partial charge on any atom is 0.262 e. The third kappa shape index (κ3) is 3.54. The van der Waals surface area contributed by atoms with Gasteiger partial charge in [-0.2, -0.15) is 0 Å². The number of nitrogens with one attached hydrogen (secondary N) is 1. The zero-order valence-corrected chi connectivity index (χ0v) is 12.6. The molecule has 2 rings (SSSR count). The van der Waals surface area contributed by atoms with Gasteiger partial charge < -0.3 is 15.8 Å². The third-order valence-corrected chi connectivity index (χ3v) is 3.33. The van der Waals surface area contributed by atoms with Crippen molar-refractivity contribution in [1.29, 1.82) is 0 Å². The summed E-state index contributed by atoms with van der Waals surface area (Å²) in [4.78, 5) is 12.0. The fraction of sp³-hybridized carbons (Fsp3) is 0.235. The van der Waals surface area contributed by atoms with Crippen LogP contribution in [0.25, 0.3) is 0 Å². The number of rotatable bonds is 4. The highest BCUT2D eigenvalue weighted by molar-refractivity contribution is 5.95. The number of carbonyl (C=O) groups is 1. The van der Waals surface area contributed by atoms with Crippen LogP contribution < -0.4 is 15.8 Å². The Morgan fingerprint density at radius 1 is 1.05 bits per heavy atom.